The van der Waals surface area contributed by atoms with Crippen molar-refractivity contribution in [2.24, 2.45) is 0 Å². The van der Waals surface area contributed by atoms with Gasteiger partial charge in [-0.3, -0.25) is 0 Å². The van der Waals surface area contributed by atoms with Gasteiger partial charge in [0.1, 0.15) is 0 Å². The van der Waals surface area contributed by atoms with Crippen molar-refractivity contribution >= 4 is 21.8 Å². The van der Waals surface area contributed by atoms with Gasteiger partial charge in [0.25, 0.3) is 0 Å². The highest BCUT2D eigenvalue weighted by Gasteiger charge is 2.15. The summed E-state index contributed by atoms with van der Waals surface area (Å²) in [7, 11) is 0. The number of nitrogens with zero attached hydrogens (tertiary/aromatic N) is 3. The first kappa shape index (κ1) is 22.3. The molecule has 0 unspecified atom stereocenters. The third-order valence-corrected chi connectivity index (χ3v) is 7.28. The Labute approximate surface area is 222 Å². The Morgan fingerprint density at radius 2 is 1.03 bits per heavy atom. The third kappa shape index (κ3) is 3.72. The Morgan fingerprint density at radius 3 is 1.61 bits per heavy atom. The van der Waals surface area contributed by atoms with Crippen LogP contribution >= 0.6 is 0 Å². The molecule has 0 bridgehead atoms. The van der Waals surface area contributed by atoms with Gasteiger partial charge in [-0.1, -0.05) is 83.9 Å². The van der Waals surface area contributed by atoms with E-state index >= 15 is 0 Å². The number of fused-ring (bicyclic) bond motifs is 3. The average Bonchev–Trinajstić information content (AvgIpc) is 3.54. The summed E-state index contributed by atoms with van der Waals surface area (Å²) in [5, 5.41) is 7.63. The van der Waals surface area contributed by atoms with Gasteiger partial charge in [0.15, 0.2) is 0 Å². The molecule has 0 spiro atoms. The predicted octanol–water partition coefficient (Wildman–Crippen LogP) is 8.92. The van der Waals surface area contributed by atoms with Gasteiger partial charge in [-0.05, 0) is 68.4 Å². The monoisotopic (exact) mass is 489 g/mol. The molecule has 0 aliphatic carbocycles. The third-order valence-electron chi connectivity index (χ3n) is 7.28. The molecular formula is C35H27N3. The molecule has 0 fully saturated rings. The Balaban J connectivity index is 1.38. The molecule has 38 heavy (non-hydrogen) atoms. The van der Waals surface area contributed by atoms with Crippen LogP contribution in [0.15, 0.2) is 127 Å². The zero-order valence-corrected chi connectivity index (χ0v) is 21.5. The van der Waals surface area contributed by atoms with Crippen molar-refractivity contribution in [3.05, 3.63) is 139 Å². The van der Waals surface area contributed by atoms with E-state index in [2.05, 4.69) is 138 Å². The van der Waals surface area contributed by atoms with Gasteiger partial charge in [0.05, 0.1) is 28.1 Å². The maximum absolute atomic E-state index is 5.05. The Morgan fingerprint density at radius 1 is 0.500 bits per heavy atom. The van der Waals surface area contributed by atoms with E-state index in [1.807, 2.05) is 12.1 Å². The summed E-state index contributed by atoms with van der Waals surface area (Å²) < 4.78 is 4.42. The average molecular weight is 490 g/mol. The lowest BCUT2D eigenvalue weighted by molar-refractivity contribution is 0.891. The van der Waals surface area contributed by atoms with Gasteiger partial charge >= 0.3 is 0 Å². The van der Waals surface area contributed by atoms with E-state index < -0.39 is 0 Å². The quantitative estimate of drug-likeness (QED) is 0.242. The van der Waals surface area contributed by atoms with Crippen LogP contribution in [0, 0.1) is 13.8 Å². The number of aryl methyl sites for hydroxylation is 2. The van der Waals surface area contributed by atoms with Crippen LogP contribution in [-0.2, 0) is 0 Å². The maximum Gasteiger partial charge on any atom is 0.0934 e. The first-order valence-corrected chi connectivity index (χ1v) is 13.0. The molecule has 0 saturated carbocycles. The van der Waals surface area contributed by atoms with Crippen LogP contribution in [0.4, 0.5) is 0 Å². The molecule has 5 aromatic carbocycles. The van der Waals surface area contributed by atoms with Gasteiger partial charge < -0.3 is 4.57 Å². The molecule has 0 atom stereocenters. The standard InChI is InChI=1S/C35H27N3/c1-24-13-19-33-30(21-24)31-22-25(2)14-20-34(31)37(33)28-15-17-29(18-16-28)38-35(27-11-7-4-8-12-27)23-32(36-38)26-9-5-3-6-10-26/h3-23H,1-2H3. The zero-order chi connectivity index (χ0) is 25.6. The summed E-state index contributed by atoms with van der Waals surface area (Å²) in [5.74, 6) is 0. The van der Waals surface area contributed by atoms with Crippen molar-refractivity contribution in [2.75, 3.05) is 0 Å². The minimum Gasteiger partial charge on any atom is -0.309 e. The number of hydrogen-bond acceptors (Lipinski definition) is 1. The lowest BCUT2D eigenvalue weighted by atomic mass is 10.1. The van der Waals surface area contributed by atoms with Gasteiger partial charge in [0, 0.05) is 27.6 Å². The van der Waals surface area contributed by atoms with Crippen LogP contribution in [0.2, 0.25) is 0 Å². The van der Waals surface area contributed by atoms with E-state index in [-0.39, 0.29) is 0 Å². The first-order valence-electron chi connectivity index (χ1n) is 13.0. The summed E-state index contributed by atoms with van der Waals surface area (Å²) >= 11 is 0. The van der Waals surface area contributed by atoms with Gasteiger partial charge in [-0.15, -0.1) is 0 Å². The minimum atomic E-state index is 0.960. The van der Waals surface area contributed by atoms with Crippen LogP contribution in [0.1, 0.15) is 11.1 Å². The summed E-state index contributed by atoms with van der Waals surface area (Å²) in [6, 6.07) is 45.2. The van der Waals surface area contributed by atoms with E-state index in [0.717, 1.165) is 33.9 Å². The second-order valence-corrected chi connectivity index (χ2v) is 9.95. The van der Waals surface area contributed by atoms with Crippen molar-refractivity contribution in [3.63, 3.8) is 0 Å². The minimum absolute atomic E-state index is 0.960. The highest BCUT2D eigenvalue weighted by molar-refractivity contribution is 6.09. The predicted molar refractivity (Wildman–Crippen MR) is 158 cm³/mol. The number of hydrogen-bond donors (Lipinski definition) is 0. The van der Waals surface area contributed by atoms with Crippen LogP contribution in [0.3, 0.4) is 0 Å². The SMILES string of the molecule is Cc1ccc2c(c1)c1cc(C)ccc1n2-c1ccc(-n2nc(-c3ccccc3)cc2-c2ccccc2)cc1. The molecule has 2 aromatic heterocycles. The van der Waals surface area contributed by atoms with Crippen molar-refractivity contribution in [3.8, 4) is 33.9 Å². The van der Waals surface area contributed by atoms with Gasteiger partial charge in [-0.2, -0.15) is 5.10 Å². The summed E-state index contributed by atoms with van der Waals surface area (Å²) in [4.78, 5) is 0. The molecule has 7 aromatic rings. The summed E-state index contributed by atoms with van der Waals surface area (Å²) in [6.07, 6.45) is 0. The maximum atomic E-state index is 5.05. The van der Waals surface area contributed by atoms with E-state index in [1.165, 1.54) is 32.9 Å². The Hall–Kier alpha value is -4.89. The van der Waals surface area contributed by atoms with E-state index in [9.17, 15) is 0 Å². The smallest absolute Gasteiger partial charge is 0.0934 e. The zero-order valence-electron chi connectivity index (χ0n) is 21.5. The normalized spacial score (nSPS) is 11.4. The number of aromatic nitrogens is 3. The van der Waals surface area contributed by atoms with E-state index in [4.69, 9.17) is 5.10 Å². The fourth-order valence-electron chi connectivity index (χ4n) is 5.41. The Bertz CT molecular complexity index is 1850. The molecule has 0 radical (unpaired) electrons. The lowest BCUT2D eigenvalue weighted by Gasteiger charge is -2.11. The van der Waals surface area contributed by atoms with Crippen molar-refractivity contribution in [1.82, 2.24) is 14.3 Å². The molecule has 0 N–H and O–H groups in total. The van der Waals surface area contributed by atoms with E-state index in [0.29, 0.717) is 0 Å². The molecule has 7 rings (SSSR count). The fraction of sp³-hybridized carbons (Fsp3) is 0.0571. The first-order chi connectivity index (χ1) is 18.7. The molecule has 2 heterocycles. The second kappa shape index (κ2) is 8.89. The topological polar surface area (TPSA) is 22.8 Å². The Kier molecular flexibility index (Phi) is 5.22. The fourth-order valence-corrected chi connectivity index (χ4v) is 5.41. The number of rotatable bonds is 4. The van der Waals surface area contributed by atoms with E-state index in [1.54, 1.807) is 0 Å². The van der Waals surface area contributed by atoms with Gasteiger partial charge in [-0.25, -0.2) is 4.68 Å². The highest BCUT2D eigenvalue weighted by atomic mass is 15.3. The van der Waals surface area contributed by atoms with Crippen molar-refractivity contribution < 1.29 is 0 Å². The van der Waals surface area contributed by atoms with Crippen LogP contribution < -0.4 is 0 Å². The molecule has 0 aliphatic heterocycles. The van der Waals surface area contributed by atoms with Crippen LogP contribution in [0.25, 0.3) is 55.7 Å². The lowest BCUT2D eigenvalue weighted by Crippen LogP contribution is -2.00. The molecule has 3 heteroatoms. The molecule has 182 valence electrons. The van der Waals surface area contributed by atoms with Crippen molar-refractivity contribution in [1.29, 1.82) is 0 Å². The molecule has 0 amide bonds. The second-order valence-electron chi connectivity index (χ2n) is 9.95. The molecular weight excluding hydrogens is 462 g/mol. The largest absolute Gasteiger partial charge is 0.309 e. The highest BCUT2D eigenvalue weighted by Crippen LogP contribution is 2.34. The van der Waals surface area contributed by atoms with Crippen molar-refractivity contribution in [2.45, 2.75) is 13.8 Å². The van der Waals surface area contributed by atoms with Crippen LogP contribution in [-0.4, -0.2) is 14.3 Å². The molecule has 0 saturated heterocycles. The molecule has 3 nitrogen and oxygen atoms in total. The van der Waals surface area contributed by atoms with Gasteiger partial charge in [0.2, 0.25) is 0 Å². The van der Waals surface area contributed by atoms with Crippen LogP contribution in [0.5, 0.6) is 0 Å². The summed E-state index contributed by atoms with van der Waals surface area (Å²) in [6.45, 7) is 4.32. The molecule has 0 aliphatic rings. The summed E-state index contributed by atoms with van der Waals surface area (Å²) in [5.41, 5.74) is 11.4. The number of benzene rings is 5.